The molecule has 0 aliphatic rings. The van der Waals surface area contributed by atoms with Crippen molar-refractivity contribution in [1.82, 2.24) is 4.57 Å². The first-order valence-electron chi connectivity index (χ1n) is 8.52. The molecule has 1 atom stereocenters. The second-order valence-corrected chi connectivity index (χ2v) is 9.73. The number of fused-ring (bicyclic) bond motifs is 1. The van der Waals surface area contributed by atoms with Crippen LogP contribution < -0.4 is 15.2 Å². The number of methoxy groups -OCH3 is 1. The Bertz CT molecular complexity index is 1160. The molecular formula is C19H20INO6S. The van der Waals surface area contributed by atoms with E-state index in [1.165, 1.54) is 11.7 Å². The largest absolute Gasteiger partial charge is 0.493 e. The summed E-state index contributed by atoms with van der Waals surface area (Å²) in [6.07, 6.45) is 1.14. The van der Waals surface area contributed by atoms with Crippen LogP contribution in [0.5, 0.6) is 11.5 Å². The molecule has 9 heteroatoms. The highest BCUT2D eigenvalue weighted by Crippen LogP contribution is 2.33. The van der Waals surface area contributed by atoms with E-state index in [1.54, 1.807) is 30.3 Å². The molecule has 0 unspecified atom stereocenters. The second-order valence-electron chi connectivity index (χ2n) is 6.30. The highest BCUT2D eigenvalue weighted by molar-refractivity contribution is 14.1. The summed E-state index contributed by atoms with van der Waals surface area (Å²) >= 11 is 2.12. The molecule has 3 aromatic rings. The normalized spacial score (nSPS) is 12.9. The molecule has 2 aromatic carbocycles. The molecule has 1 heterocycles. The van der Waals surface area contributed by atoms with E-state index in [-0.39, 0.29) is 5.75 Å². The average molecular weight is 517 g/mol. The summed E-state index contributed by atoms with van der Waals surface area (Å²) in [5, 5.41) is 0. The lowest BCUT2D eigenvalue weighted by atomic mass is 10.1. The number of ether oxygens (including phenoxy) is 2. The molecule has 0 radical (unpaired) electrons. The third kappa shape index (κ3) is 4.35. The SMILES string of the molecule is CCOc1cc([C@@H](CS(C)(=O)=O)n2c(=O)oc3cc(I)ccc32)ccc1OC. The van der Waals surface area contributed by atoms with Crippen molar-refractivity contribution < 1.29 is 22.3 Å². The molecule has 0 aliphatic heterocycles. The number of rotatable bonds is 7. The fourth-order valence-corrected chi connectivity index (χ4v) is 4.46. The monoisotopic (exact) mass is 517 g/mol. The van der Waals surface area contributed by atoms with Crippen molar-refractivity contribution in [3.05, 3.63) is 56.1 Å². The molecule has 3 rings (SSSR count). The first-order chi connectivity index (χ1) is 13.2. The quantitative estimate of drug-likeness (QED) is 0.448. The summed E-state index contributed by atoms with van der Waals surface area (Å²) in [6, 6.07) is 9.70. The van der Waals surface area contributed by atoms with Gasteiger partial charge >= 0.3 is 5.76 Å². The maximum atomic E-state index is 12.6. The minimum Gasteiger partial charge on any atom is -0.493 e. The molecule has 0 spiro atoms. The van der Waals surface area contributed by atoms with E-state index in [4.69, 9.17) is 13.9 Å². The Kier molecular flexibility index (Phi) is 6.04. The summed E-state index contributed by atoms with van der Waals surface area (Å²) in [5.74, 6) is 0.143. The minimum absolute atomic E-state index is 0.259. The zero-order valence-electron chi connectivity index (χ0n) is 15.6. The lowest BCUT2D eigenvalue weighted by Crippen LogP contribution is -2.27. The maximum Gasteiger partial charge on any atom is 0.420 e. The van der Waals surface area contributed by atoms with Crippen LogP contribution in [0.3, 0.4) is 0 Å². The number of hydrogen-bond donors (Lipinski definition) is 0. The van der Waals surface area contributed by atoms with Gasteiger partial charge in [0.1, 0.15) is 9.84 Å². The molecule has 28 heavy (non-hydrogen) atoms. The van der Waals surface area contributed by atoms with Gasteiger partial charge in [0.2, 0.25) is 0 Å². The van der Waals surface area contributed by atoms with Crippen molar-refractivity contribution in [2.45, 2.75) is 13.0 Å². The number of sulfone groups is 1. The van der Waals surface area contributed by atoms with Crippen LogP contribution in [0.25, 0.3) is 11.1 Å². The first kappa shape index (κ1) is 20.7. The number of halogens is 1. The Labute approximate surface area is 176 Å². The van der Waals surface area contributed by atoms with Crippen LogP contribution in [0.2, 0.25) is 0 Å². The van der Waals surface area contributed by atoms with E-state index in [2.05, 4.69) is 22.6 Å². The van der Waals surface area contributed by atoms with E-state index >= 15 is 0 Å². The summed E-state index contributed by atoms with van der Waals surface area (Å²) in [6.45, 7) is 2.26. The van der Waals surface area contributed by atoms with Crippen molar-refractivity contribution in [2.75, 3.05) is 25.7 Å². The van der Waals surface area contributed by atoms with Gasteiger partial charge in [0.05, 0.1) is 31.0 Å². The van der Waals surface area contributed by atoms with E-state index in [0.717, 1.165) is 9.83 Å². The molecule has 0 N–H and O–H groups in total. The van der Waals surface area contributed by atoms with Gasteiger partial charge in [-0.2, -0.15) is 0 Å². The number of benzene rings is 2. The lowest BCUT2D eigenvalue weighted by molar-refractivity contribution is 0.310. The molecule has 7 nitrogen and oxygen atoms in total. The molecular weight excluding hydrogens is 497 g/mol. The third-order valence-electron chi connectivity index (χ3n) is 4.22. The lowest BCUT2D eigenvalue weighted by Gasteiger charge is -2.19. The first-order valence-corrected chi connectivity index (χ1v) is 11.7. The fraction of sp³-hybridized carbons (Fsp3) is 0.316. The Balaban J connectivity index is 2.23. The van der Waals surface area contributed by atoms with Crippen LogP contribution >= 0.6 is 22.6 Å². The maximum absolute atomic E-state index is 12.6. The van der Waals surface area contributed by atoms with Crippen molar-refractivity contribution in [2.24, 2.45) is 0 Å². The van der Waals surface area contributed by atoms with Gasteiger partial charge in [-0.1, -0.05) is 6.07 Å². The van der Waals surface area contributed by atoms with E-state index in [1.807, 2.05) is 13.0 Å². The van der Waals surface area contributed by atoms with Crippen LogP contribution in [0, 0.1) is 3.57 Å². The van der Waals surface area contributed by atoms with Crippen molar-refractivity contribution in [3.63, 3.8) is 0 Å². The molecule has 1 aromatic heterocycles. The molecule has 0 saturated carbocycles. The summed E-state index contributed by atoms with van der Waals surface area (Å²) in [4.78, 5) is 12.6. The fourth-order valence-electron chi connectivity index (χ4n) is 3.08. The second kappa shape index (κ2) is 8.16. The van der Waals surface area contributed by atoms with Crippen LogP contribution in [-0.2, 0) is 9.84 Å². The van der Waals surface area contributed by atoms with Crippen molar-refractivity contribution in [1.29, 1.82) is 0 Å². The molecule has 0 amide bonds. The van der Waals surface area contributed by atoms with E-state index < -0.39 is 21.6 Å². The predicted molar refractivity (Wildman–Crippen MR) is 115 cm³/mol. The number of aromatic nitrogens is 1. The van der Waals surface area contributed by atoms with Gasteiger partial charge in [-0.05, 0) is 65.4 Å². The van der Waals surface area contributed by atoms with Gasteiger partial charge in [-0.15, -0.1) is 0 Å². The zero-order chi connectivity index (χ0) is 20.5. The standard InChI is InChI=1S/C19H20INO6S/c1-4-26-18-9-12(5-8-16(18)25-2)15(11-28(3,23)24)21-14-7-6-13(20)10-17(14)27-19(21)22/h5-10,15H,4,11H2,1-3H3/t15-/m1/s1. The van der Waals surface area contributed by atoms with Crippen LogP contribution in [0.15, 0.2) is 45.6 Å². The molecule has 0 saturated heterocycles. The zero-order valence-corrected chi connectivity index (χ0v) is 18.6. The van der Waals surface area contributed by atoms with Gasteiger partial charge in [-0.3, -0.25) is 4.57 Å². The third-order valence-corrected chi connectivity index (χ3v) is 5.81. The molecule has 0 fully saturated rings. The van der Waals surface area contributed by atoms with Crippen molar-refractivity contribution in [3.8, 4) is 11.5 Å². The number of hydrogen-bond acceptors (Lipinski definition) is 6. The summed E-state index contributed by atoms with van der Waals surface area (Å²) < 4.78 is 42.9. The Morgan fingerprint density at radius 1 is 1.18 bits per heavy atom. The van der Waals surface area contributed by atoms with Gasteiger partial charge in [0.15, 0.2) is 17.1 Å². The highest BCUT2D eigenvalue weighted by Gasteiger charge is 2.26. The number of oxazole rings is 1. The van der Waals surface area contributed by atoms with E-state index in [0.29, 0.717) is 34.8 Å². The topological polar surface area (TPSA) is 87.7 Å². The van der Waals surface area contributed by atoms with Gasteiger partial charge in [0.25, 0.3) is 0 Å². The van der Waals surface area contributed by atoms with Gasteiger partial charge in [-0.25, -0.2) is 13.2 Å². The van der Waals surface area contributed by atoms with Crippen LogP contribution in [-0.4, -0.2) is 38.7 Å². The Hall–Kier alpha value is -2.01. The van der Waals surface area contributed by atoms with Crippen LogP contribution in [0.4, 0.5) is 0 Å². The van der Waals surface area contributed by atoms with Crippen molar-refractivity contribution >= 4 is 43.5 Å². The Morgan fingerprint density at radius 3 is 2.57 bits per heavy atom. The minimum atomic E-state index is -3.41. The van der Waals surface area contributed by atoms with Crippen LogP contribution in [0.1, 0.15) is 18.5 Å². The average Bonchev–Trinajstić information content (AvgIpc) is 2.94. The summed E-state index contributed by atoms with van der Waals surface area (Å²) in [5.41, 5.74) is 1.56. The smallest absolute Gasteiger partial charge is 0.420 e. The van der Waals surface area contributed by atoms with E-state index in [9.17, 15) is 13.2 Å². The Morgan fingerprint density at radius 2 is 1.93 bits per heavy atom. The molecule has 0 aliphatic carbocycles. The van der Waals surface area contributed by atoms with Gasteiger partial charge < -0.3 is 13.9 Å². The molecule has 0 bridgehead atoms. The van der Waals surface area contributed by atoms with Gasteiger partial charge in [0, 0.05) is 9.83 Å². The molecule has 150 valence electrons. The predicted octanol–water partition coefficient (Wildman–Crippen LogP) is 3.24. The summed E-state index contributed by atoms with van der Waals surface area (Å²) in [7, 11) is -1.88. The number of nitrogens with zero attached hydrogens (tertiary/aromatic N) is 1. The highest BCUT2D eigenvalue weighted by atomic mass is 127.